The highest BCUT2D eigenvalue weighted by Gasteiger charge is 2.26. The van der Waals surface area contributed by atoms with Gasteiger partial charge in [0.1, 0.15) is 0 Å². The molecule has 0 spiro atoms. The number of anilines is 1. The van der Waals surface area contributed by atoms with E-state index < -0.39 is 0 Å². The number of benzene rings is 1. The highest BCUT2D eigenvalue weighted by Crippen LogP contribution is 2.35. The molecule has 0 unspecified atom stereocenters. The summed E-state index contributed by atoms with van der Waals surface area (Å²) in [6, 6.07) is 8.10. The van der Waals surface area contributed by atoms with Crippen LogP contribution in [0.2, 0.25) is 0 Å². The van der Waals surface area contributed by atoms with E-state index in [2.05, 4.69) is 13.0 Å². The van der Waals surface area contributed by atoms with Crippen molar-refractivity contribution in [2.24, 2.45) is 0 Å². The van der Waals surface area contributed by atoms with Crippen LogP contribution in [-0.2, 0) is 9.59 Å². The number of carbonyl (C=O) groups is 2. The minimum atomic E-state index is 0.0554. The van der Waals surface area contributed by atoms with Gasteiger partial charge in [-0.1, -0.05) is 25.1 Å². The van der Waals surface area contributed by atoms with Gasteiger partial charge in [-0.3, -0.25) is 9.59 Å². The maximum Gasteiger partial charge on any atom is 0.227 e. The Bertz CT molecular complexity index is 538. The van der Waals surface area contributed by atoms with Gasteiger partial charge in [0.15, 0.2) is 0 Å². The Morgan fingerprint density at radius 3 is 2.55 bits per heavy atom. The zero-order chi connectivity index (χ0) is 16.1. The van der Waals surface area contributed by atoms with Crippen molar-refractivity contribution < 1.29 is 9.59 Å². The lowest BCUT2D eigenvalue weighted by Gasteiger charge is -2.33. The first kappa shape index (κ1) is 16.5. The molecule has 0 fully saturated rings. The number of amides is 2. The number of fused-ring (bicyclic) bond motifs is 1. The lowest BCUT2D eigenvalue weighted by molar-refractivity contribution is -0.132. The number of para-hydroxylation sites is 1. The molecule has 22 heavy (non-hydrogen) atoms. The van der Waals surface area contributed by atoms with Gasteiger partial charge < -0.3 is 9.80 Å². The summed E-state index contributed by atoms with van der Waals surface area (Å²) < 4.78 is 0. The van der Waals surface area contributed by atoms with E-state index in [0.29, 0.717) is 25.4 Å². The molecule has 0 radical (unpaired) electrons. The first-order chi connectivity index (χ1) is 10.6. The highest BCUT2D eigenvalue weighted by molar-refractivity contribution is 5.96. The zero-order valence-electron chi connectivity index (χ0n) is 13.8. The molecular weight excluding hydrogens is 276 g/mol. The predicted molar refractivity (Wildman–Crippen MR) is 89.0 cm³/mol. The largest absolute Gasteiger partial charge is 0.343 e. The Morgan fingerprint density at radius 1 is 1.18 bits per heavy atom. The molecule has 1 atom stereocenters. The highest BCUT2D eigenvalue weighted by atomic mass is 16.2. The first-order valence-corrected chi connectivity index (χ1v) is 8.25. The molecule has 0 aromatic heterocycles. The van der Waals surface area contributed by atoms with Gasteiger partial charge in [0.25, 0.3) is 0 Å². The van der Waals surface area contributed by atoms with Crippen LogP contribution in [0.4, 0.5) is 5.69 Å². The standard InChI is InChI=1S/C18H26N2O2/c1-4-19(5-2)17(21)10-11-18(22)20-13-12-14(3)15-8-6-7-9-16(15)20/h6-9,14H,4-5,10-13H2,1-3H3/t14-/m0/s1. The van der Waals surface area contributed by atoms with Crippen LogP contribution in [0, 0.1) is 0 Å². The quantitative estimate of drug-likeness (QED) is 0.838. The van der Waals surface area contributed by atoms with Crippen LogP contribution in [-0.4, -0.2) is 36.3 Å². The van der Waals surface area contributed by atoms with Crippen LogP contribution in [0.5, 0.6) is 0 Å². The number of rotatable bonds is 5. The Morgan fingerprint density at radius 2 is 1.86 bits per heavy atom. The summed E-state index contributed by atoms with van der Waals surface area (Å²) in [5.74, 6) is 0.606. The van der Waals surface area contributed by atoms with Crippen molar-refractivity contribution >= 4 is 17.5 Å². The van der Waals surface area contributed by atoms with E-state index in [-0.39, 0.29) is 18.2 Å². The smallest absolute Gasteiger partial charge is 0.227 e. The Hall–Kier alpha value is -1.84. The lowest BCUT2D eigenvalue weighted by atomic mass is 9.91. The lowest BCUT2D eigenvalue weighted by Crippen LogP contribution is -2.37. The molecule has 1 aliphatic heterocycles. The Balaban J connectivity index is 2.02. The summed E-state index contributed by atoms with van der Waals surface area (Å²) in [7, 11) is 0. The van der Waals surface area contributed by atoms with Gasteiger partial charge in [-0.25, -0.2) is 0 Å². The van der Waals surface area contributed by atoms with Gasteiger partial charge in [0.05, 0.1) is 0 Å². The first-order valence-electron chi connectivity index (χ1n) is 8.25. The van der Waals surface area contributed by atoms with Gasteiger partial charge in [0, 0.05) is 38.2 Å². The molecule has 4 nitrogen and oxygen atoms in total. The Kier molecular flexibility index (Phi) is 5.58. The van der Waals surface area contributed by atoms with E-state index in [9.17, 15) is 9.59 Å². The van der Waals surface area contributed by atoms with Gasteiger partial charge >= 0.3 is 0 Å². The number of carbonyl (C=O) groups excluding carboxylic acids is 2. The van der Waals surface area contributed by atoms with Gasteiger partial charge in [-0.15, -0.1) is 0 Å². The van der Waals surface area contributed by atoms with Gasteiger partial charge in [0.2, 0.25) is 11.8 Å². The van der Waals surface area contributed by atoms with Crippen LogP contribution in [0.25, 0.3) is 0 Å². The molecule has 2 rings (SSSR count). The molecule has 0 aliphatic carbocycles. The number of hydrogen-bond donors (Lipinski definition) is 0. The molecule has 4 heteroatoms. The molecule has 1 aliphatic rings. The summed E-state index contributed by atoms with van der Waals surface area (Å²) in [6.07, 6.45) is 1.57. The fourth-order valence-electron chi connectivity index (χ4n) is 3.09. The van der Waals surface area contributed by atoms with Crippen molar-refractivity contribution in [2.45, 2.75) is 46.0 Å². The van der Waals surface area contributed by atoms with Gasteiger partial charge in [-0.05, 0) is 37.8 Å². The molecule has 2 amide bonds. The van der Waals surface area contributed by atoms with Crippen molar-refractivity contribution in [3.8, 4) is 0 Å². The minimum Gasteiger partial charge on any atom is -0.343 e. The molecule has 1 heterocycles. The third kappa shape index (κ3) is 3.49. The van der Waals surface area contributed by atoms with E-state index in [4.69, 9.17) is 0 Å². The summed E-state index contributed by atoms with van der Waals surface area (Å²) >= 11 is 0. The average Bonchev–Trinajstić information content (AvgIpc) is 2.54. The second kappa shape index (κ2) is 7.43. The third-order valence-corrected chi connectivity index (χ3v) is 4.51. The molecule has 0 saturated carbocycles. The van der Waals surface area contributed by atoms with Crippen molar-refractivity contribution in [3.05, 3.63) is 29.8 Å². The van der Waals surface area contributed by atoms with E-state index in [0.717, 1.165) is 18.7 Å². The molecule has 0 N–H and O–H groups in total. The molecule has 0 bridgehead atoms. The van der Waals surface area contributed by atoms with Crippen LogP contribution in [0.3, 0.4) is 0 Å². The van der Waals surface area contributed by atoms with Crippen molar-refractivity contribution in [2.75, 3.05) is 24.5 Å². The fourth-order valence-corrected chi connectivity index (χ4v) is 3.09. The summed E-state index contributed by atoms with van der Waals surface area (Å²) in [5, 5.41) is 0. The second-order valence-electron chi connectivity index (χ2n) is 5.86. The Labute approximate surface area is 133 Å². The van der Waals surface area contributed by atoms with E-state index in [1.165, 1.54) is 5.56 Å². The molecule has 1 aromatic rings. The molecule has 120 valence electrons. The molecule has 1 aromatic carbocycles. The third-order valence-electron chi connectivity index (χ3n) is 4.51. The minimum absolute atomic E-state index is 0.0554. The maximum atomic E-state index is 12.5. The normalized spacial score (nSPS) is 17.0. The second-order valence-corrected chi connectivity index (χ2v) is 5.86. The fraction of sp³-hybridized carbons (Fsp3) is 0.556. The van der Waals surface area contributed by atoms with E-state index >= 15 is 0 Å². The summed E-state index contributed by atoms with van der Waals surface area (Å²) in [5.41, 5.74) is 2.25. The van der Waals surface area contributed by atoms with Crippen LogP contribution in [0.15, 0.2) is 24.3 Å². The summed E-state index contributed by atoms with van der Waals surface area (Å²) in [4.78, 5) is 28.2. The van der Waals surface area contributed by atoms with E-state index in [1.54, 1.807) is 4.90 Å². The van der Waals surface area contributed by atoms with E-state index in [1.807, 2.05) is 36.9 Å². The predicted octanol–water partition coefficient (Wildman–Crippen LogP) is 3.18. The monoisotopic (exact) mass is 302 g/mol. The molecule has 0 saturated heterocycles. The average molecular weight is 302 g/mol. The van der Waals surface area contributed by atoms with Crippen LogP contribution in [0.1, 0.15) is 51.5 Å². The molecular formula is C18H26N2O2. The van der Waals surface area contributed by atoms with Crippen molar-refractivity contribution in [3.63, 3.8) is 0 Å². The topological polar surface area (TPSA) is 40.6 Å². The van der Waals surface area contributed by atoms with Crippen molar-refractivity contribution in [1.29, 1.82) is 0 Å². The van der Waals surface area contributed by atoms with Crippen LogP contribution >= 0.6 is 0 Å². The summed E-state index contributed by atoms with van der Waals surface area (Å²) in [6.45, 7) is 8.28. The van der Waals surface area contributed by atoms with Crippen molar-refractivity contribution in [1.82, 2.24) is 4.90 Å². The van der Waals surface area contributed by atoms with Gasteiger partial charge in [-0.2, -0.15) is 0 Å². The maximum absolute atomic E-state index is 12.5. The SMILES string of the molecule is CCN(CC)C(=O)CCC(=O)N1CC[C@H](C)c2ccccc21. The van der Waals surface area contributed by atoms with Crippen LogP contribution < -0.4 is 4.90 Å². The number of nitrogens with zero attached hydrogens (tertiary/aromatic N) is 2. The zero-order valence-corrected chi connectivity index (χ0v) is 13.8. The number of hydrogen-bond acceptors (Lipinski definition) is 2.